The highest BCUT2D eigenvalue weighted by atomic mass is 19.4. The van der Waals surface area contributed by atoms with Gasteiger partial charge in [0.1, 0.15) is 0 Å². The van der Waals surface area contributed by atoms with Crippen LogP contribution in [0.25, 0.3) is 0 Å². The van der Waals surface area contributed by atoms with E-state index < -0.39 is 23.9 Å². The van der Waals surface area contributed by atoms with Crippen molar-refractivity contribution in [3.63, 3.8) is 0 Å². The Labute approximate surface area is 136 Å². The number of hydrogen-bond donors (Lipinski definition) is 3. The first-order valence-corrected chi connectivity index (χ1v) is 7.08. The Morgan fingerprint density at radius 1 is 1.33 bits per heavy atom. The van der Waals surface area contributed by atoms with Crippen molar-refractivity contribution in [2.24, 2.45) is 0 Å². The molecular weight excluding hydrogens is 323 g/mol. The molecule has 1 aromatic heterocycles. The van der Waals surface area contributed by atoms with Crippen molar-refractivity contribution in [1.82, 2.24) is 10.3 Å². The van der Waals surface area contributed by atoms with E-state index in [4.69, 9.17) is 0 Å². The van der Waals surface area contributed by atoms with Gasteiger partial charge in [-0.3, -0.25) is 4.98 Å². The normalized spacial score (nSPS) is 12.5. The molecule has 0 radical (unpaired) electrons. The second kappa shape index (κ2) is 7.31. The van der Waals surface area contributed by atoms with Crippen LogP contribution in [-0.2, 0) is 6.18 Å². The van der Waals surface area contributed by atoms with Crippen molar-refractivity contribution in [3.8, 4) is 0 Å². The van der Waals surface area contributed by atoms with Crippen LogP contribution in [0.1, 0.15) is 22.8 Å². The molecule has 1 atom stereocenters. The SMILES string of the molecule is Cc1cnccc1NC(=O)NCC(O)c1cccc(C(F)(F)F)c1. The summed E-state index contributed by atoms with van der Waals surface area (Å²) in [6, 6.07) is 5.39. The quantitative estimate of drug-likeness (QED) is 0.800. The van der Waals surface area contributed by atoms with Crippen LogP contribution in [0.15, 0.2) is 42.7 Å². The minimum Gasteiger partial charge on any atom is -0.387 e. The number of alkyl halides is 3. The monoisotopic (exact) mass is 339 g/mol. The topological polar surface area (TPSA) is 74.2 Å². The van der Waals surface area contributed by atoms with Gasteiger partial charge in [-0.05, 0) is 36.2 Å². The van der Waals surface area contributed by atoms with E-state index in [1.165, 1.54) is 18.3 Å². The van der Waals surface area contributed by atoms with Crippen LogP contribution in [-0.4, -0.2) is 22.7 Å². The first kappa shape index (κ1) is 17.7. The Balaban J connectivity index is 1.94. The van der Waals surface area contributed by atoms with Gasteiger partial charge in [0.05, 0.1) is 11.7 Å². The number of aryl methyl sites for hydroxylation is 1. The molecule has 0 spiro atoms. The number of halogens is 3. The van der Waals surface area contributed by atoms with Gasteiger partial charge in [0.2, 0.25) is 0 Å². The summed E-state index contributed by atoms with van der Waals surface area (Å²) < 4.78 is 38.0. The minimum absolute atomic E-state index is 0.0743. The zero-order valence-corrected chi connectivity index (χ0v) is 12.8. The highest BCUT2D eigenvalue weighted by Crippen LogP contribution is 2.30. The van der Waals surface area contributed by atoms with Crippen molar-refractivity contribution in [3.05, 3.63) is 59.4 Å². The molecule has 0 fully saturated rings. The van der Waals surface area contributed by atoms with E-state index in [1.54, 1.807) is 19.2 Å². The molecule has 2 amide bonds. The largest absolute Gasteiger partial charge is 0.416 e. The van der Waals surface area contributed by atoms with Crippen LogP contribution < -0.4 is 10.6 Å². The number of urea groups is 1. The Morgan fingerprint density at radius 3 is 2.75 bits per heavy atom. The predicted molar refractivity (Wildman–Crippen MR) is 82.4 cm³/mol. The number of benzene rings is 1. The summed E-state index contributed by atoms with van der Waals surface area (Å²) in [6.07, 6.45) is -2.65. The molecule has 0 saturated heterocycles. The number of carbonyl (C=O) groups is 1. The van der Waals surface area contributed by atoms with Crippen LogP contribution >= 0.6 is 0 Å². The molecule has 0 aliphatic carbocycles. The summed E-state index contributed by atoms with van der Waals surface area (Å²) in [6.45, 7) is 1.54. The molecule has 0 aliphatic heterocycles. The molecule has 24 heavy (non-hydrogen) atoms. The Hall–Kier alpha value is -2.61. The second-order valence-electron chi connectivity index (χ2n) is 5.16. The molecule has 1 unspecified atom stereocenters. The van der Waals surface area contributed by atoms with Crippen molar-refractivity contribution >= 4 is 11.7 Å². The lowest BCUT2D eigenvalue weighted by Gasteiger charge is -2.15. The van der Waals surface area contributed by atoms with Crippen LogP contribution in [0.2, 0.25) is 0 Å². The van der Waals surface area contributed by atoms with Crippen molar-refractivity contribution in [2.45, 2.75) is 19.2 Å². The van der Waals surface area contributed by atoms with Gasteiger partial charge in [-0.1, -0.05) is 12.1 Å². The van der Waals surface area contributed by atoms with Crippen LogP contribution in [0.3, 0.4) is 0 Å². The zero-order chi connectivity index (χ0) is 17.7. The number of amides is 2. The van der Waals surface area contributed by atoms with Gasteiger partial charge in [-0.15, -0.1) is 0 Å². The van der Waals surface area contributed by atoms with Crippen molar-refractivity contribution < 1.29 is 23.1 Å². The minimum atomic E-state index is -4.49. The standard InChI is InChI=1S/C16H16F3N3O2/c1-10-8-20-6-5-13(10)22-15(24)21-9-14(23)11-3-2-4-12(7-11)16(17,18)19/h2-8,14,23H,9H2,1H3,(H2,20,21,22,24). The summed E-state index contributed by atoms with van der Waals surface area (Å²) in [4.78, 5) is 15.7. The van der Waals surface area contributed by atoms with Crippen LogP contribution in [0.4, 0.5) is 23.7 Å². The molecule has 0 saturated carbocycles. The number of aliphatic hydroxyl groups excluding tert-OH is 1. The molecule has 2 aromatic rings. The van der Waals surface area contributed by atoms with E-state index in [-0.39, 0.29) is 12.1 Å². The van der Waals surface area contributed by atoms with E-state index in [1.807, 2.05) is 0 Å². The van der Waals surface area contributed by atoms with Gasteiger partial charge >= 0.3 is 12.2 Å². The Morgan fingerprint density at radius 2 is 2.08 bits per heavy atom. The number of anilines is 1. The zero-order valence-electron chi connectivity index (χ0n) is 12.8. The number of pyridine rings is 1. The number of aliphatic hydroxyl groups is 1. The fourth-order valence-electron chi connectivity index (χ4n) is 2.01. The third-order valence-corrected chi connectivity index (χ3v) is 3.32. The third kappa shape index (κ3) is 4.69. The highest BCUT2D eigenvalue weighted by molar-refractivity contribution is 5.89. The van der Waals surface area contributed by atoms with Gasteiger partial charge in [0, 0.05) is 24.6 Å². The average molecular weight is 339 g/mol. The number of rotatable bonds is 4. The summed E-state index contributed by atoms with van der Waals surface area (Å²) >= 11 is 0. The maximum atomic E-state index is 12.7. The first-order chi connectivity index (χ1) is 11.3. The summed E-state index contributed by atoms with van der Waals surface area (Å²) in [5.41, 5.74) is 0.531. The molecule has 8 heteroatoms. The molecular formula is C16H16F3N3O2. The van der Waals surface area contributed by atoms with Crippen molar-refractivity contribution in [1.29, 1.82) is 0 Å². The van der Waals surface area contributed by atoms with E-state index in [2.05, 4.69) is 15.6 Å². The molecule has 1 heterocycles. The predicted octanol–water partition coefficient (Wildman–Crippen LogP) is 3.26. The molecule has 0 bridgehead atoms. The van der Waals surface area contributed by atoms with E-state index in [9.17, 15) is 23.1 Å². The van der Waals surface area contributed by atoms with E-state index >= 15 is 0 Å². The fraction of sp³-hybridized carbons (Fsp3) is 0.250. The lowest BCUT2D eigenvalue weighted by molar-refractivity contribution is -0.137. The van der Waals surface area contributed by atoms with Gasteiger partial charge in [-0.2, -0.15) is 13.2 Å². The van der Waals surface area contributed by atoms with Crippen LogP contribution in [0.5, 0.6) is 0 Å². The third-order valence-electron chi connectivity index (χ3n) is 3.32. The molecule has 0 aliphatic rings. The average Bonchev–Trinajstić information content (AvgIpc) is 2.54. The van der Waals surface area contributed by atoms with E-state index in [0.29, 0.717) is 5.69 Å². The summed E-state index contributed by atoms with van der Waals surface area (Å²) in [7, 11) is 0. The van der Waals surface area contributed by atoms with Crippen molar-refractivity contribution in [2.75, 3.05) is 11.9 Å². The summed E-state index contributed by atoms with van der Waals surface area (Å²) in [5, 5.41) is 14.9. The number of hydrogen-bond acceptors (Lipinski definition) is 3. The number of carbonyl (C=O) groups excluding carboxylic acids is 1. The Bertz CT molecular complexity index is 720. The Kier molecular flexibility index (Phi) is 5.40. The van der Waals surface area contributed by atoms with Crippen LogP contribution in [0, 0.1) is 6.92 Å². The fourth-order valence-corrected chi connectivity index (χ4v) is 2.01. The van der Waals surface area contributed by atoms with Gasteiger partial charge < -0.3 is 15.7 Å². The second-order valence-corrected chi connectivity index (χ2v) is 5.16. The van der Waals surface area contributed by atoms with Gasteiger partial charge in [-0.25, -0.2) is 4.79 Å². The molecule has 128 valence electrons. The number of aromatic nitrogens is 1. The molecule has 2 rings (SSSR count). The van der Waals surface area contributed by atoms with E-state index in [0.717, 1.165) is 17.7 Å². The highest BCUT2D eigenvalue weighted by Gasteiger charge is 2.30. The van der Waals surface area contributed by atoms with Gasteiger partial charge in [0.15, 0.2) is 0 Å². The van der Waals surface area contributed by atoms with Gasteiger partial charge in [0.25, 0.3) is 0 Å². The summed E-state index contributed by atoms with van der Waals surface area (Å²) in [5.74, 6) is 0. The number of nitrogens with zero attached hydrogens (tertiary/aromatic N) is 1. The molecule has 3 N–H and O–H groups in total. The smallest absolute Gasteiger partial charge is 0.387 e. The maximum Gasteiger partial charge on any atom is 0.416 e. The lowest BCUT2D eigenvalue weighted by atomic mass is 10.1. The maximum absolute atomic E-state index is 12.7. The molecule has 5 nitrogen and oxygen atoms in total. The molecule has 1 aromatic carbocycles. The number of nitrogens with one attached hydrogen (secondary N) is 2. The first-order valence-electron chi connectivity index (χ1n) is 7.08. The lowest BCUT2D eigenvalue weighted by Crippen LogP contribution is -2.32.